The molecule has 0 saturated carbocycles. The molecule has 0 bridgehead atoms. The highest BCUT2D eigenvalue weighted by atomic mass is 19.1. The molecule has 2 N–H and O–H groups in total. The standard InChI is InChI=1S/C29H32FN3O4/c1-36-24-6-3-5-23(18-24)31-29(35)32-27-8-4-7-25(28(34)37-2)26(27)19-33-15-13-21(14-16-33)17-20-9-11-22(30)12-10-20/h3-12,18,21H,13-17,19H2,1-2H3,(H2,31,32,35). The van der Waals surface area contributed by atoms with E-state index in [0.717, 1.165) is 37.9 Å². The molecule has 0 atom stereocenters. The Morgan fingerprint density at radius 1 is 0.973 bits per heavy atom. The highest BCUT2D eigenvalue weighted by molar-refractivity contribution is 6.02. The molecular weight excluding hydrogens is 473 g/mol. The van der Waals surface area contributed by atoms with Gasteiger partial charge in [0.1, 0.15) is 11.6 Å². The lowest BCUT2D eigenvalue weighted by Crippen LogP contribution is -2.34. The first-order chi connectivity index (χ1) is 17.9. The Labute approximate surface area is 216 Å². The molecule has 194 valence electrons. The van der Waals surface area contributed by atoms with Crippen LogP contribution < -0.4 is 15.4 Å². The molecule has 3 aromatic carbocycles. The predicted octanol–water partition coefficient (Wildman–Crippen LogP) is 5.72. The monoisotopic (exact) mass is 505 g/mol. The quantitative estimate of drug-likeness (QED) is 0.383. The molecule has 2 amide bonds. The van der Waals surface area contributed by atoms with Crippen molar-refractivity contribution < 1.29 is 23.5 Å². The SMILES string of the molecule is COC(=O)c1cccc(NC(=O)Nc2cccc(OC)c2)c1CN1CCC(Cc2ccc(F)cc2)CC1. The second kappa shape index (κ2) is 12.4. The van der Waals surface area contributed by atoms with Gasteiger partial charge in [-0.1, -0.05) is 24.3 Å². The van der Waals surface area contributed by atoms with Crippen molar-refractivity contribution in [3.05, 3.63) is 89.2 Å². The summed E-state index contributed by atoms with van der Waals surface area (Å²) in [5.74, 6) is 0.486. The van der Waals surface area contributed by atoms with E-state index < -0.39 is 12.0 Å². The van der Waals surface area contributed by atoms with Gasteiger partial charge in [-0.05, 0) is 80.2 Å². The normalized spacial score (nSPS) is 14.1. The highest BCUT2D eigenvalue weighted by Gasteiger charge is 2.24. The van der Waals surface area contributed by atoms with Crippen molar-refractivity contribution in [3.63, 3.8) is 0 Å². The Morgan fingerprint density at radius 3 is 2.41 bits per heavy atom. The van der Waals surface area contributed by atoms with Gasteiger partial charge in [-0.2, -0.15) is 0 Å². The van der Waals surface area contributed by atoms with Crippen molar-refractivity contribution in [3.8, 4) is 5.75 Å². The Hall–Kier alpha value is -3.91. The van der Waals surface area contributed by atoms with E-state index in [1.807, 2.05) is 12.1 Å². The van der Waals surface area contributed by atoms with Crippen molar-refractivity contribution in [1.29, 1.82) is 0 Å². The maximum Gasteiger partial charge on any atom is 0.338 e. The highest BCUT2D eigenvalue weighted by Crippen LogP contribution is 2.28. The summed E-state index contributed by atoms with van der Waals surface area (Å²) >= 11 is 0. The van der Waals surface area contributed by atoms with E-state index in [1.165, 1.54) is 19.2 Å². The average Bonchev–Trinajstić information content (AvgIpc) is 2.91. The third kappa shape index (κ3) is 7.07. The molecule has 37 heavy (non-hydrogen) atoms. The topological polar surface area (TPSA) is 79.9 Å². The molecule has 3 aromatic rings. The Bertz CT molecular complexity index is 1220. The summed E-state index contributed by atoms with van der Waals surface area (Å²) in [5, 5.41) is 5.70. The van der Waals surface area contributed by atoms with Gasteiger partial charge in [-0.15, -0.1) is 0 Å². The summed E-state index contributed by atoms with van der Waals surface area (Å²) in [6.45, 7) is 2.22. The number of benzene rings is 3. The molecule has 0 unspecified atom stereocenters. The van der Waals surface area contributed by atoms with Crippen LogP contribution in [0.2, 0.25) is 0 Å². The average molecular weight is 506 g/mol. The number of methoxy groups -OCH3 is 2. The number of carbonyl (C=O) groups excluding carboxylic acids is 2. The van der Waals surface area contributed by atoms with Crippen LogP contribution in [0.5, 0.6) is 5.75 Å². The number of ether oxygens (including phenoxy) is 2. The second-order valence-corrected chi connectivity index (χ2v) is 9.18. The van der Waals surface area contributed by atoms with Gasteiger partial charge in [-0.25, -0.2) is 14.0 Å². The predicted molar refractivity (Wildman–Crippen MR) is 142 cm³/mol. The molecule has 8 heteroatoms. The van der Waals surface area contributed by atoms with E-state index in [-0.39, 0.29) is 5.82 Å². The van der Waals surface area contributed by atoms with E-state index in [0.29, 0.717) is 40.7 Å². The Morgan fingerprint density at radius 2 is 1.70 bits per heavy atom. The first-order valence-corrected chi connectivity index (χ1v) is 12.3. The first kappa shape index (κ1) is 26.2. The van der Waals surface area contributed by atoms with Crippen molar-refractivity contribution in [2.45, 2.75) is 25.8 Å². The number of hydrogen-bond acceptors (Lipinski definition) is 5. The number of urea groups is 1. The van der Waals surface area contributed by atoms with Gasteiger partial charge in [0.05, 0.1) is 19.8 Å². The number of anilines is 2. The van der Waals surface area contributed by atoms with Crippen LogP contribution in [0, 0.1) is 11.7 Å². The summed E-state index contributed by atoms with van der Waals surface area (Å²) in [7, 11) is 2.91. The van der Waals surface area contributed by atoms with Crippen LogP contribution in [0.15, 0.2) is 66.7 Å². The number of nitrogens with zero attached hydrogens (tertiary/aromatic N) is 1. The molecule has 1 aliphatic rings. The van der Waals surface area contributed by atoms with Gasteiger partial charge in [0.2, 0.25) is 0 Å². The summed E-state index contributed by atoms with van der Waals surface area (Å²) in [4.78, 5) is 27.6. The molecule has 4 rings (SSSR count). The van der Waals surface area contributed by atoms with Crippen LogP contribution in [0.4, 0.5) is 20.6 Å². The molecule has 1 saturated heterocycles. The van der Waals surface area contributed by atoms with Crippen molar-refractivity contribution in [2.75, 3.05) is 37.9 Å². The molecule has 0 radical (unpaired) electrons. The lowest BCUT2D eigenvalue weighted by atomic mass is 9.90. The zero-order valence-electron chi connectivity index (χ0n) is 21.1. The lowest BCUT2D eigenvalue weighted by Gasteiger charge is -2.33. The van der Waals surface area contributed by atoms with E-state index in [4.69, 9.17) is 9.47 Å². The molecule has 7 nitrogen and oxygen atoms in total. The number of halogens is 1. The van der Waals surface area contributed by atoms with Gasteiger partial charge in [0.15, 0.2) is 0 Å². The van der Waals surface area contributed by atoms with Gasteiger partial charge >= 0.3 is 12.0 Å². The fourth-order valence-corrected chi connectivity index (χ4v) is 4.69. The van der Waals surface area contributed by atoms with Crippen LogP contribution in [-0.4, -0.2) is 44.2 Å². The maximum atomic E-state index is 13.2. The van der Waals surface area contributed by atoms with Crippen molar-refractivity contribution >= 4 is 23.4 Å². The van der Waals surface area contributed by atoms with Gasteiger partial charge < -0.3 is 20.1 Å². The molecule has 0 aliphatic carbocycles. The number of esters is 1. The number of nitrogens with one attached hydrogen (secondary N) is 2. The van der Waals surface area contributed by atoms with Gasteiger partial charge in [0.25, 0.3) is 0 Å². The minimum absolute atomic E-state index is 0.218. The number of hydrogen-bond donors (Lipinski definition) is 2. The van der Waals surface area contributed by atoms with Crippen LogP contribution in [-0.2, 0) is 17.7 Å². The summed E-state index contributed by atoms with van der Waals surface area (Å²) in [6.07, 6.45) is 2.91. The third-order valence-corrected chi connectivity index (χ3v) is 6.68. The number of piperidine rings is 1. The van der Waals surface area contributed by atoms with Crippen LogP contribution >= 0.6 is 0 Å². The molecule has 1 aliphatic heterocycles. The van der Waals surface area contributed by atoms with Crippen LogP contribution in [0.1, 0.15) is 34.3 Å². The maximum absolute atomic E-state index is 13.2. The van der Waals surface area contributed by atoms with Crippen LogP contribution in [0.3, 0.4) is 0 Å². The third-order valence-electron chi connectivity index (χ3n) is 6.68. The van der Waals surface area contributed by atoms with E-state index in [2.05, 4.69) is 15.5 Å². The van der Waals surface area contributed by atoms with Crippen LogP contribution in [0.25, 0.3) is 0 Å². The summed E-state index contributed by atoms with van der Waals surface area (Å²) < 4.78 is 23.4. The molecular formula is C29H32FN3O4. The summed E-state index contributed by atoms with van der Waals surface area (Å²) in [6, 6.07) is 18.6. The molecule has 0 spiro atoms. The number of likely N-dealkylation sites (tertiary alicyclic amines) is 1. The van der Waals surface area contributed by atoms with Crippen molar-refractivity contribution in [2.24, 2.45) is 5.92 Å². The van der Waals surface area contributed by atoms with Gasteiger partial charge in [0, 0.05) is 29.5 Å². The fourth-order valence-electron chi connectivity index (χ4n) is 4.69. The minimum atomic E-state index is -0.446. The van der Waals surface area contributed by atoms with Gasteiger partial charge in [-0.3, -0.25) is 4.90 Å². The van der Waals surface area contributed by atoms with E-state index in [1.54, 1.807) is 49.6 Å². The zero-order chi connectivity index (χ0) is 26.2. The Kier molecular flexibility index (Phi) is 8.74. The fraction of sp³-hybridized carbons (Fsp3) is 0.310. The zero-order valence-corrected chi connectivity index (χ0v) is 21.1. The molecule has 1 fully saturated rings. The largest absolute Gasteiger partial charge is 0.497 e. The molecule has 1 heterocycles. The number of rotatable bonds is 8. The lowest BCUT2D eigenvalue weighted by molar-refractivity contribution is 0.0597. The minimum Gasteiger partial charge on any atom is -0.497 e. The van der Waals surface area contributed by atoms with Crippen molar-refractivity contribution in [1.82, 2.24) is 4.90 Å². The number of amides is 2. The Balaban J connectivity index is 1.43. The smallest absolute Gasteiger partial charge is 0.338 e. The first-order valence-electron chi connectivity index (χ1n) is 12.3. The summed E-state index contributed by atoms with van der Waals surface area (Å²) in [5.41, 5.74) is 3.43. The number of carbonyl (C=O) groups is 2. The second-order valence-electron chi connectivity index (χ2n) is 9.18. The van der Waals surface area contributed by atoms with E-state index in [9.17, 15) is 14.0 Å². The molecule has 0 aromatic heterocycles. The van der Waals surface area contributed by atoms with E-state index >= 15 is 0 Å².